The number of urea groups is 1. The van der Waals surface area contributed by atoms with Gasteiger partial charge in [-0.25, -0.2) is 14.5 Å². The van der Waals surface area contributed by atoms with Crippen LogP contribution in [0.1, 0.15) is 39.2 Å². The Morgan fingerprint density at radius 3 is 2.66 bits per heavy atom. The van der Waals surface area contributed by atoms with Crippen LogP contribution in [-0.2, 0) is 6.54 Å². The van der Waals surface area contributed by atoms with E-state index in [1.807, 2.05) is 50.2 Å². The molecule has 2 amide bonds. The lowest BCUT2D eigenvalue weighted by Crippen LogP contribution is -2.34. The zero-order valence-corrected chi connectivity index (χ0v) is 20.1. The zero-order valence-electron chi connectivity index (χ0n) is 20.1. The lowest BCUT2D eigenvalue weighted by molar-refractivity contribution is 0.250. The number of aromatic nitrogens is 4. The van der Waals surface area contributed by atoms with E-state index in [2.05, 4.69) is 31.3 Å². The zero-order chi connectivity index (χ0) is 24.4. The molecule has 1 fully saturated rings. The van der Waals surface area contributed by atoms with Crippen molar-refractivity contribution in [2.45, 2.75) is 51.7 Å². The third kappa shape index (κ3) is 4.80. The summed E-state index contributed by atoms with van der Waals surface area (Å²) in [5.74, 6) is 0.804. The van der Waals surface area contributed by atoms with E-state index in [0.29, 0.717) is 19.2 Å². The minimum absolute atomic E-state index is 0.0729. The highest BCUT2D eigenvalue weighted by molar-refractivity contribution is 6.02. The van der Waals surface area contributed by atoms with Crippen molar-refractivity contribution in [2.75, 3.05) is 17.7 Å². The molecule has 0 bridgehead atoms. The quantitative estimate of drug-likeness (QED) is 0.340. The fourth-order valence-corrected chi connectivity index (χ4v) is 4.47. The molecule has 182 valence electrons. The maximum atomic E-state index is 12.0. The van der Waals surface area contributed by atoms with Crippen molar-refractivity contribution < 1.29 is 9.53 Å². The number of anilines is 2. The molecule has 1 saturated carbocycles. The Morgan fingerprint density at radius 2 is 2.00 bits per heavy atom. The van der Waals surface area contributed by atoms with Crippen molar-refractivity contribution in [3.63, 3.8) is 0 Å². The Bertz CT molecular complexity index is 1310. The smallest absolute Gasteiger partial charge is 0.319 e. The molecule has 1 aliphatic carbocycles. The summed E-state index contributed by atoms with van der Waals surface area (Å²) in [7, 11) is 0. The summed E-state index contributed by atoms with van der Waals surface area (Å²) in [5.41, 5.74) is 11.3. The van der Waals surface area contributed by atoms with Gasteiger partial charge in [-0.05, 0) is 57.4 Å². The molecule has 9 nitrogen and oxygen atoms in total. The topological polar surface area (TPSA) is 112 Å². The Balaban J connectivity index is 1.43. The maximum Gasteiger partial charge on any atom is 0.319 e. The molecule has 9 heteroatoms. The standard InChI is InChI=1S/C26H31N7O2/c1-17(2)30-26(34)31-19-8-6-18(7-9-19)25-24(27)22-11-10-21(35-13-12-32-16-28-15-29-32)14-23(22)33(25)20-4-3-5-20/h6-11,14-17,20H,3-5,12-13,27H2,1-2H3,(H2,30,31,34). The van der Waals surface area contributed by atoms with Crippen LogP contribution in [0.2, 0.25) is 0 Å². The van der Waals surface area contributed by atoms with Gasteiger partial charge in [0.1, 0.15) is 25.0 Å². The summed E-state index contributed by atoms with van der Waals surface area (Å²) in [6.07, 6.45) is 6.67. The molecule has 2 heterocycles. The number of amides is 2. The summed E-state index contributed by atoms with van der Waals surface area (Å²) in [6, 6.07) is 14.2. The number of benzene rings is 2. The Kier molecular flexibility index (Phi) is 6.31. The summed E-state index contributed by atoms with van der Waals surface area (Å²) < 4.78 is 10.1. The first kappa shape index (κ1) is 22.8. The molecule has 0 atom stereocenters. The largest absolute Gasteiger partial charge is 0.492 e. The van der Waals surface area contributed by atoms with Crippen LogP contribution in [0.4, 0.5) is 16.2 Å². The van der Waals surface area contributed by atoms with Crippen molar-refractivity contribution in [3.05, 3.63) is 55.1 Å². The van der Waals surface area contributed by atoms with Gasteiger partial charge in [0.05, 0.1) is 23.4 Å². The molecular weight excluding hydrogens is 442 g/mol. The molecule has 4 aromatic rings. The molecule has 0 aliphatic heterocycles. The highest BCUT2D eigenvalue weighted by Crippen LogP contribution is 2.44. The van der Waals surface area contributed by atoms with Gasteiger partial charge in [-0.1, -0.05) is 12.1 Å². The minimum Gasteiger partial charge on any atom is -0.492 e. The van der Waals surface area contributed by atoms with Crippen LogP contribution in [0.5, 0.6) is 5.75 Å². The fourth-order valence-electron chi connectivity index (χ4n) is 4.47. The van der Waals surface area contributed by atoms with E-state index >= 15 is 0 Å². The number of carbonyl (C=O) groups excluding carboxylic acids is 1. The predicted octanol–water partition coefficient (Wildman–Crippen LogP) is 4.82. The average Bonchev–Trinajstić information content (AvgIpc) is 3.40. The van der Waals surface area contributed by atoms with Crippen LogP contribution in [0.3, 0.4) is 0 Å². The van der Waals surface area contributed by atoms with Crippen molar-refractivity contribution >= 4 is 28.3 Å². The van der Waals surface area contributed by atoms with Crippen molar-refractivity contribution in [1.29, 1.82) is 0 Å². The molecular formula is C26H31N7O2. The van der Waals surface area contributed by atoms with Crippen LogP contribution in [0.25, 0.3) is 22.2 Å². The lowest BCUT2D eigenvalue weighted by Gasteiger charge is -2.30. The average molecular weight is 474 g/mol. The van der Waals surface area contributed by atoms with Gasteiger partial charge in [-0.3, -0.25) is 0 Å². The fraction of sp³-hybridized carbons (Fsp3) is 0.346. The SMILES string of the molecule is CC(C)NC(=O)Nc1ccc(-c2c(N)c3ccc(OCCn4cncn4)cc3n2C2CCC2)cc1. The van der Waals surface area contributed by atoms with Crippen LogP contribution in [-0.4, -0.2) is 38.0 Å². The molecule has 2 aromatic heterocycles. The van der Waals surface area contributed by atoms with Crippen LogP contribution >= 0.6 is 0 Å². The number of nitrogens with one attached hydrogen (secondary N) is 2. The number of ether oxygens (including phenoxy) is 1. The monoisotopic (exact) mass is 473 g/mol. The van der Waals surface area contributed by atoms with Gasteiger partial charge >= 0.3 is 6.03 Å². The molecule has 0 unspecified atom stereocenters. The molecule has 4 N–H and O–H groups in total. The molecule has 1 aliphatic rings. The number of hydrogen-bond donors (Lipinski definition) is 3. The van der Waals surface area contributed by atoms with Crippen LogP contribution < -0.4 is 21.1 Å². The van der Waals surface area contributed by atoms with E-state index < -0.39 is 0 Å². The summed E-state index contributed by atoms with van der Waals surface area (Å²) >= 11 is 0. The Labute approximate surface area is 204 Å². The number of nitrogen functional groups attached to an aromatic ring is 1. The maximum absolute atomic E-state index is 12.0. The van der Waals surface area contributed by atoms with Crippen LogP contribution in [0, 0.1) is 0 Å². The number of carbonyl (C=O) groups is 1. The second-order valence-corrected chi connectivity index (χ2v) is 9.23. The van der Waals surface area contributed by atoms with E-state index in [9.17, 15) is 4.79 Å². The van der Waals surface area contributed by atoms with Gasteiger partial charge in [0.25, 0.3) is 0 Å². The number of hydrogen-bond acceptors (Lipinski definition) is 5. The molecule has 5 rings (SSSR count). The van der Waals surface area contributed by atoms with Gasteiger partial charge in [0.2, 0.25) is 0 Å². The normalized spacial score (nSPS) is 13.7. The van der Waals surface area contributed by atoms with Gasteiger partial charge in [0, 0.05) is 34.8 Å². The second kappa shape index (κ2) is 9.69. The number of nitrogens with two attached hydrogens (primary N) is 1. The van der Waals surface area contributed by atoms with E-state index in [1.54, 1.807) is 11.0 Å². The van der Waals surface area contributed by atoms with Crippen LogP contribution in [0.15, 0.2) is 55.1 Å². The van der Waals surface area contributed by atoms with Crippen molar-refractivity contribution in [3.8, 4) is 17.0 Å². The number of nitrogens with zero attached hydrogens (tertiary/aromatic N) is 4. The Morgan fingerprint density at radius 1 is 1.20 bits per heavy atom. The molecule has 0 radical (unpaired) electrons. The van der Waals surface area contributed by atoms with E-state index in [1.165, 1.54) is 12.7 Å². The highest BCUT2D eigenvalue weighted by Gasteiger charge is 2.27. The van der Waals surface area contributed by atoms with E-state index in [0.717, 1.165) is 52.1 Å². The molecule has 0 saturated heterocycles. The molecule has 35 heavy (non-hydrogen) atoms. The van der Waals surface area contributed by atoms with Crippen molar-refractivity contribution in [1.82, 2.24) is 24.6 Å². The third-order valence-electron chi connectivity index (χ3n) is 6.35. The third-order valence-corrected chi connectivity index (χ3v) is 6.35. The summed E-state index contributed by atoms with van der Waals surface area (Å²) in [5, 5.41) is 10.8. The minimum atomic E-state index is -0.216. The van der Waals surface area contributed by atoms with E-state index in [4.69, 9.17) is 10.5 Å². The molecule has 2 aromatic carbocycles. The van der Waals surface area contributed by atoms with Gasteiger partial charge in [0.15, 0.2) is 0 Å². The lowest BCUT2D eigenvalue weighted by atomic mass is 9.92. The van der Waals surface area contributed by atoms with Gasteiger partial charge < -0.3 is 25.7 Å². The number of fused-ring (bicyclic) bond motifs is 1. The second-order valence-electron chi connectivity index (χ2n) is 9.23. The van der Waals surface area contributed by atoms with Gasteiger partial charge in [-0.2, -0.15) is 5.10 Å². The van der Waals surface area contributed by atoms with Crippen molar-refractivity contribution in [2.24, 2.45) is 0 Å². The first-order chi connectivity index (χ1) is 17.0. The van der Waals surface area contributed by atoms with Gasteiger partial charge in [-0.15, -0.1) is 0 Å². The first-order valence-electron chi connectivity index (χ1n) is 12.1. The Hall–Kier alpha value is -4.01. The first-order valence-corrected chi connectivity index (χ1v) is 12.1. The summed E-state index contributed by atoms with van der Waals surface area (Å²) in [6.45, 7) is 4.99. The number of rotatable bonds is 8. The summed E-state index contributed by atoms with van der Waals surface area (Å²) in [4.78, 5) is 16.0. The highest BCUT2D eigenvalue weighted by atomic mass is 16.5. The predicted molar refractivity (Wildman–Crippen MR) is 137 cm³/mol. The molecule has 0 spiro atoms. The van der Waals surface area contributed by atoms with E-state index in [-0.39, 0.29) is 12.1 Å².